The lowest BCUT2D eigenvalue weighted by atomic mass is 9.97. The standard InChI is InChI=1S/C21H24BrN3O4S/c22-17-3-1-15(2-4-17)5-6-21(28-7-8-29-21)10-19(25-14-26)20(27)24-12-18-9-16(11-23)13-30-18/h1-4,13-14,18-19H,5-10,12H2,(H,24,27)(H,25,26). The quantitative estimate of drug-likeness (QED) is 0.486. The van der Waals surface area contributed by atoms with E-state index in [1.165, 1.54) is 11.8 Å². The molecule has 160 valence electrons. The molecule has 2 heterocycles. The lowest BCUT2D eigenvalue weighted by molar-refractivity contribution is -0.173. The maximum atomic E-state index is 12.7. The van der Waals surface area contributed by atoms with Gasteiger partial charge in [-0.25, -0.2) is 0 Å². The van der Waals surface area contributed by atoms with E-state index >= 15 is 0 Å². The average molecular weight is 494 g/mol. The molecule has 3 rings (SSSR count). The molecule has 30 heavy (non-hydrogen) atoms. The van der Waals surface area contributed by atoms with Crippen LogP contribution in [0.4, 0.5) is 0 Å². The van der Waals surface area contributed by atoms with Crippen LogP contribution in [0.3, 0.4) is 0 Å². The molecule has 7 nitrogen and oxygen atoms in total. The minimum atomic E-state index is -0.914. The van der Waals surface area contributed by atoms with Crippen molar-refractivity contribution in [1.82, 2.24) is 10.6 Å². The van der Waals surface area contributed by atoms with Crippen molar-refractivity contribution in [2.75, 3.05) is 19.8 Å². The highest BCUT2D eigenvalue weighted by molar-refractivity contribution is 9.10. The monoisotopic (exact) mass is 493 g/mol. The van der Waals surface area contributed by atoms with Crippen LogP contribution in [0.25, 0.3) is 0 Å². The first-order chi connectivity index (χ1) is 14.5. The zero-order chi connectivity index (χ0) is 21.4. The Bertz CT molecular complexity index is 819. The summed E-state index contributed by atoms with van der Waals surface area (Å²) < 4.78 is 12.8. The molecule has 1 aromatic carbocycles. The summed E-state index contributed by atoms with van der Waals surface area (Å²) in [6.45, 7) is 1.34. The van der Waals surface area contributed by atoms with Gasteiger partial charge < -0.3 is 20.1 Å². The largest absolute Gasteiger partial charge is 0.353 e. The summed E-state index contributed by atoms with van der Waals surface area (Å²) in [4.78, 5) is 23.9. The maximum absolute atomic E-state index is 12.7. The molecule has 1 saturated heterocycles. The van der Waals surface area contributed by atoms with Crippen LogP contribution < -0.4 is 10.6 Å². The van der Waals surface area contributed by atoms with E-state index < -0.39 is 11.8 Å². The number of halogens is 1. The van der Waals surface area contributed by atoms with Gasteiger partial charge in [0.05, 0.1) is 19.3 Å². The number of carbonyl (C=O) groups excluding carboxylic acids is 2. The van der Waals surface area contributed by atoms with Crippen molar-refractivity contribution in [3.63, 3.8) is 0 Å². The highest BCUT2D eigenvalue weighted by Gasteiger charge is 2.40. The van der Waals surface area contributed by atoms with Crippen molar-refractivity contribution in [3.05, 3.63) is 45.3 Å². The zero-order valence-electron chi connectivity index (χ0n) is 16.4. The first-order valence-electron chi connectivity index (χ1n) is 9.78. The Balaban J connectivity index is 1.57. The summed E-state index contributed by atoms with van der Waals surface area (Å²) in [6.07, 6.45) is 2.70. The van der Waals surface area contributed by atoms with Gasteiger partial charge in [0.15, 0.2) is 5.79 Å². The summed E-state index contributed by atoms with van der Waals surface area (Å²) in [6, 6.07) is 9.40. The molecule has 9 heteroatoms. The van der Waals surface area contributed by atoms with Crippen LogP contribution >= 0.6 is 27.7 Å². The fourth-order valence-corrected chi connectivity index (χ4v) is 4.74. The highest BCUT2D eigenvalue weighted by Crippen LogP contribution is 2.31. The summed E-state index contributed by atoms with van der Waals surface area (Å²) >= 11 is 4.97. The molecular weight excluding hydrogens is 470 g/mol. The first-order valence-corrected chi connectivity index (χ1v) is 11.5. The Kier molecular flexibility index (Phi) is 8.33. The van der Waals surface area contributed by atoms with E-state index in [0.29, 0.717) is 39.0 Å². The predicted octanol–water partition coefficient (Wildman–Crippen LogP) is 2.66. The number of rotatable bonds is 10. The number of carbonyl (C=O) groups is 2. The van der Waals surface area contributed by atoms with Crippen LogP contribution in [0.15, 0.2) is 39.7 Å². The van der Waals surface area contributed by atoms with Crippen molar-refractivity contribution in [2.45, 2.75) is 42.8 Å². The number of nitriles is 1. The zero-order valence-corrected chi connectivity index (χ0v) is 18.8. The summed E-state index contributed by atoms with van der Waals surface area (Å²) in [5.41, 5.74) is 1.86. The molecule has 2 amide bonds. The molecule has 1 aromatic rings. The van der Waals surface area contributed by atoms with Crippen LogP contribution in [-0.4, -0.2) is 49.2 Å². The molecule has 2 aliphatic rings. The topological polar surface area (TPSA) is 100 Å². The molecule has 0 aliphatic carbocycles. The molecule has 2 N–H and O–H groups in total. The highest BCUT2D eigenvalue weighted by atomic mass is 79.9. The van der Waals surface area contributed by atoms with Crippen LogP contribution in [-0.2, 0) is 25.5 Å². The van der Waals surface area contributed by atoms with Crippen molar-refractivity contribution >= 4 is 40.0 Å². The van der Waals surface area contributed by atoms with Crippen molar-refractivity contribution < 1.29 is 19.1 Å². The van der Waals surface area contributed by atoms with E-state index in [1.807, 2.05) is 29.7 Å². The Morgan fingerprint density at radius 2 is 2.10 bits per heavy atom. The van der Waals surface area contributed by atoms with E-state index in [0.717, 1.165) is 22.0 Å². The minimum Gasteiger partial charge on any atom is -0.353 e. The molecular formula is C21H24BrN3O4S. The number of nitrogens with zero attached hydrogens (tertiary/aromatic N) is 1. The fourth-order valence-electron chi connectivity index (χ4n) is 3.52. The number of amides is 2. The van der Waals surface area contributed by atoms with Gasteiger partial charge in [0.25, 0.3) is 0 Å². The van der Waals surface area contributed by atoms with Gasteiger partial charge in [-0.15, -0.1) is 11.8 Å². The molecule has 0 radical (unpaired) electrons. The van der Waals surface area contributed by atoms with Gasteiger partial charge in [0.1, 0.15) is 6.04 Å². The Morgan fingerprint density at radius 3 is 2.73 bits per heavy atom. The van der Waals surface area contributed by atoms with Gasteiger partial charge in [-0.2, -0.15) is 5.26 Å². The van der Waals surface area contributed by atoms with Crippen molar-refractivity contribution in [2.24, 2.45) is 0 Å². The molecule has 0 bridgehead atoms. The molecule has 0 saturated carbocycles. The van der Waals surface area contributed by atoms with Gasteiger partial charge in [0, 0.05) is 34.7 Å². The van der Waals surface area contributed by atoms with E-state index in [1.54, 1.807) is 0 Å². The number of hydrogen-bond donors (Lipinski definition) is 2. The Hall–Kier alpha value is -1.86. The van der Waals surface area contributed by atoms with Crippen LogP contribution in [0, 0.1) is 11.3 Å². The smallest absolute Gasteiger partial charge is 0.242 e. The van der Waals surface area contributed by atoms with E-state index in [4.69, 9.17) is 14.7 Å². The third-order valence-corrected chi connectivity index (χ3v) is 6.79. The number of benzene rings is 1. The Morgan fingerprint density at radius 1 is 1.37 bits per heavy atom. The van der Waals surface area contributed by atoms with Crippen LogP contribution in [0.2, 0.25) is 0 Å². The average Bonchev–Trinajstić information content (AvgIpc) is 3.41. The van der Waals surface area contributed by atoms with E-state index in [-0.39, 0.29) is 17.6 Å². The third-order valence-electron chi connectivity index (χ3n) is 5.12. The number of hydrogen-bond acceptors (Lipinski definition) is 6. The predicted molar refractivity (Wildman–Crippen MR) is 117 cm³/mol. The minimum absolute atomic E-state index is 0.130. The molecule has 0 spiro atoms. The molecule has 2 unspecified atom stereocenters. The van der Waals surface area contributed by atoms with Crippen molar-refractivity contribution in [3.8, 4) is 6.07 Å². The van der Waals surface area contributed by atoms with Gasteiger partial charge in [0.2, 0.25) is 12.3 Å². The van der Waals surface area contributed by atoms with Gasteiger partial charge in [-0.3, -0.25) is 9.59 Å². The molecule has 0 aromatic heterocycles. The number of nitrogens with one attached hydrogen (secondary N) is 2. The molecule has 2 atom stereocenters. The summed E-state index contributed by atoms with van der Waals surface area (Å²) in [5, 5.41) is 16.4. The van der Waals surface area contributed by atoms with Crippen molar-refractivity contribution in [1.29, 1.82) is 5.26 Å². The van der Waals surface area contributed by atoms with Gasteiger partial charge >= 0.3 is 0 Å². The number of ether oxygens (including phenoxy) is 2. The third kappa shape index (κ3) is 6.32. The molecule has 1 fully saturated rings. The maximum Gasteiger partial charge on any atom is 0.242 e. The SMILES string of the molecule is N#CC1=CSC(CNC(=O)C(CC2(CCc3ccc(Br)cc3)OCCO2)NC=O)C1. The van der Waals surface area contributed by atoms with Gasteiger partial charge in [-0.1, -0.05) is 28.1 Å². The summed E-state index contributed by atoms with van der Waals surface area (Å²) in [7, 11) is 0. The van der Waals surface area contributed by atoms with E-state index in [9.17, 15) is 9.59 Å². The second-order valence-electron chi connectivity index (χ2n) is 7.24. The van der Waals surface area contributed by atoms with Crippen LogP contribution in [0.1, 0.15) is 24.8 Å². The second kappa shape index (κ2) is 11.0. The number of allylic oxidation sites excluding steroid dienone is 1. The number of aryl methyl sites for hydroxylation is 1. The lowest BCUT2D eigenvalue weighted by Crippen LogP contribution is -2.50. The van der Waals surface area contributed by atoms with E-state index in [2.05, 4.69) is 32.6 Å². The lowest BCUT2D eigenvalue weighted by Gasteiger charge is -2.31. The number of thioether (sulfide) groups is 1. The molecule has 2 aliphatic heterocycles. The van der Waals surface area contributed by atoms with Gasteiger partial charge in [-0.05, 0) is 35.9 Å². The Labute approximate surface area is 188 Å². The van der Waals surface area contributed by atoms with Crippen LogP contribution in [0.5, 0.6) is 0 Å². The normalized spacial score (nSPS) is 20.8. The summed E-state index contributed by atoms with van der Waals surface area (Å²) in [5.74, 6) is -1.20. The first kappa shape index (κ1) is 22.8. The fraction of sp³-hybridized carbons (Fsp3) is 0.476. The second-order valence-corrected chi connectivity index (χ2v) is 9.33.